The number of nitro groups is 1. The van der Waals surface area contributed by atoms with Crippen molar-refractivity contribution in [3.63, 3.8) is 0 Å². The molecular formula is C14H9F3N2O3. The van der Waals surface area contributed by atoms with E-state index in [0.717, 1.165) is 36.4 Å². The van der Waals surface area contributed by atoms with E-state index in [-0.39, 0.29) is 22.5 Å². The van der Waals surface area contributed by atoms with Crippen LogP contribution in [0.5, 0.6) is 0 Å². The van der Waals surface area contributed by atoms with Gasteiger partial charge in [0.25, 0.3) is 5.69 Å². The lowest BCUT2D eigenvalue weighted by Crippen LogP contribution is -2.08. The molecule has 0 aliphatic rings. The topological polar surface area (TPSA) is 86.2 Å². The average Bonchev–Trinajstić information content (AvgIpc) is 2.45. The molecule has 0 bridgehead atoms. The van der Waals surface area contributed by atoms with Gasteiger partial charge in [0.15, 0.2) is 5.78 Å². The first-order valence-electron chi connectivity index (χ1n) is 5.96. The lowest BCUT2D eigenvalue weighted by atomic mass is 10.0. The lowest BCUT2D eigenvalue weighted by Gasteiger charge is -2.08. The summed E-state index contributed by atoms with van der Waals surface area (Å²) in [6.07, 6.45) is -4.56. The van der Waals surface area contributed by atoms with Crippen LogP contribution in [0, 0.1) is 10.1 Å². The summed E-state index contributed by atoms with van der Waals surface area (Å²) in [6, 6.07) is 7.18. The average molecular weight is 310 g/mol. The van der Waals surface area contributed by atoms with Crippen LogP contribution in [-0.2, 0) is 6.18 Å². The molecule has 2 aromatic rings. The van der Waals surface area contributed by atoms with E-state index in [1.807, 2.05) is 0 Å². The quantitative estimate of drug-likeness (QED) is 0.407. The van der Waals surface area contributed by atoms with Crippen LogP contribution in [0.2, 0.25) is 0 Å². The summed E-state index contributed by atoms with van der Waals surface area (Å²) < 4.78 is 37.9. The van der Waals surface area contributed by atoms with Gasteiger partial charge in [-0.2, -0.15) is 13.2 Å². The number of anilines is 1. The van der Waals surface area contributed by atoms with Crippen molar-refractivity contribution in [2.45, 2.75) is 6.18 Å². The Morgan fingerprint density at radius 1 is 1.09 bits per heavy atom. The van der Waals surface area contributed by atoms with Crippen molar-refractivity contribution < 1.29 is 22.9 Å². The molecule has 0 heterocycles. The van der Waals surface area contributed by atoms with Crippen LogP contribution < -0.4 is 5.73 Å². The van der Waals surface area contributed by atoms with E-state index in [0.29, 0.717) is 0 Å². The van der Waals surface area contributed by atoms with E-state index in [4.69, 9.17) is 5.73 Å². The number of nitrogens with two attached hydrogens (primary N) is 1. The van der Waals surface area contributed by atoms with Crippen molar-refractivity contribution in [3.8, 4) is 0 Å². The van der Waals surface area contributed by atoms with Crippen LogP contribution in [0.3, 0.4) is 0 Å². The zero-order valence-electron chi connectivity index (χ0n) is 10.9. The standard InChI is InChI=1S/C14H9F3N2O3/c15-14(16,17)10-3-1-2-8(6-10)13(20)9-4-5-12(19(21)22)11(18)7-9/h1-7H,18H2. The van der Waals surface area contributed by atoms with Gasteiger partial charge in [0, 0.05) is 17.2 Å². The largest absolute Gasteiger partial charge is 0.416 e. The van der Waals surface area contributed by atoms with Crippen molar-refractivity contribution >= 4 is 17.2 Å². The predicted octanol–water partition coefficient (Wildman–Crippen LogP) is 3.43. The molecule has 0 aromatic heterocycles. The fourth-order valence-corrected chi connectivity index (χ4v) is 1.87. The highest BCUT2D eigenvalue weighted by Gasteiger charge is 2.31. The van der Waals surface area contributed by atoms with Gasteiger partial charge in [-0.25, -0.2) is 0 Å². The van der Waals surface area contributed by atoms with Crippen molar-refractivity contribution in [1.29, 1.82) is 0 Å². The number of alkyl halides is 3. The van der Waals surface area contributed by atoms with Crippen molar-refractivity contribution in [1.82, 2.24) is 0 Å². The van der Waals surface area contributed by atoms with E-state index in [2.05, 4.69) is 0 Å². The van der Waals surface area contributed by atoms with Crippen molar-refractivity contribution in [2.75, 3.05) is 5.73 Å². The third-order valence-electron chi connectivity index (χ3n) is 2.94. The molecule has 0 saturated heterocycles. The van der Waals surface area contributed by atoms with E-state index in [1.165, 1.54) is 6.07 Å². The number of carbonyl (C=O) groups is 1. The van der Waals surface area contributed by atoms with Gasteiger partial charge in [0.05, 0.1) is 10.5 Å². The summed E-state index contributed by atoms with van der Waals surface area (Å²) in [4.78, 5) is 22.1. The number of halogens is 3. The Balaban J connectivity index is 2.41. The Labute approximate surface area is 122 Å². The zero-order chi connectivity index (χ0) is 16.5. The Morgan fingerprint density at radius 3 is 2.27 bits per heavy atom. The van der Waals surface area contributed by atoms with E-state index >= 15 is 0 Å². The van der Waals surface area contributed by atoms with Gasteiger partial charge in [-0.15, -0.1) is 0 Å². The van der Waals surface area contributed by atoms with Crippen LogP contribution in [-0.4, -0.2) is 10.7 Å². The highest BCUT2D eigenvalue weighted by molar-refractivity contribution is 6.09. The van der Waals surface area contributed by atoms with Gasteiger partial charge in [0.1, 0.15) is 5.69 Å². The third-order valence-corrected chi connectivity index (χ3v) is 2.94. The highest BCUT2D eigenvalue weighted by atomic mass is 19.4. The Hall–Kier alpha value is -2.90. The van der Waals surface area contributed by atoms with E-state index in [9.17, 15) is 28.1 Å². The normalized spacial score (nSPS) is 11.2. The SMILES string of the molecule is Nc1cc(C(=O)c2cccc(C(F)(F)F)c2)ccc1[N+](=O)[O-]. The monoisotopic (exact) mass is 310 g/mol. The maximum absolute atomic E-state index is 12.6. The minimum Gasteiger partial charge on any atom is -0.393 e. The summed E-state index contributed by atoms with van der Waals surface area (Å²) in [5.74, 6) is -0.701. The molecule has 2 rings (SSSR count). The Bertz CT molecular complexity index is 757. The summed E-state index contributed by atoms with van der Waals surface area (Å²) >= 11 is 0. The molecule has 0 radical (unpaired) electrons. The molecule has 0 saturated carbocycles. The molecule has 0 aliphatic heterocycles. The van der Waals surface area contributed by atoms with Gasteiger partial charge in [-0.3, -0.25) is 14.9 Å². The van der Waals surface area contributed by atoms with Gasteiger partial charge in [-0.05, 0) is 24.3 Å². The van der Waals surface area contributed by atoms with Crippen molar-refractivity contribution in [3.05, 3.63) is 69.3 Å². The second kappa shape index (κ2) is 5.47. The summed E-state index contributed by atoms with van der Waals surface area (Å²) in [7, 11) is 0. The number of benzene rings is 2. The van der Waals surface area contributed by atoms with Gasteiger partial charge in [0.2, 0.25) is 0 Å². The molecule has 5 nitrogen and oxygen atoms in total. The molecule has 2 aromatic carbocycles. The molecule has 0 atom stereocenters. The van der Waals surface area contributed by atoms with E-state index < -0.39 is 22.4 Å². The smallest absolute Gasteiger partial charge is 0.393 e. The Morgan fingerprint density at radius 2 is 1.73 bits per heavy atom. The molecule has 0 unspecified atom stereocenters. The van der Waals surface area contributed by atoms with Crippen LogP contribution in [0.4, 0.5) is 24.5 Å². The molecule has 114 valence electrons. The molecule has 0 fully saturated rings. The second-order valence-corrected chi connectivity index (χ2v) is 4.44. The molecule has 0 aliphatic carbocycles. The first-order valence-corrected chi connectivity index (χ1v) is 5.96. The van der Waals surface area contributed by atoms with Crippen LogP contribution in [0.1, 0.15) is 21.5 Å². The number of nitrogen functional groups attached to an aromatic ring is 1. The van der Waals surface area contributed by atoms with Gasteiger partial charge < -0.3 is 5.73 Å². The second-order valence-electron chi connectivity index (χ2n) is 4.44. The number of hydrogen-bond acceptors (Lipinski definition) is 4. The maximum Gasteiger partial charge on any atom is 0.416 e. The molecule has 0 spiro atoms. The Kier molecular flexibility index (Phi) is 3.85. The number of nitro benzene ring substituents is 1. The molecule has 22 heavy (non-hydrogen) atoms. The first-order chi connectivity index (χ1) is 10.2. The fraction of sp³-hybridized carbons (Fsp3) is 0.0714. The summed E-state index contributed by atoms with van der Waals surface area (Å²) in [6.45, 7) is 0. The number of hydrogen-bond donors (Lipinski definition) is 1. The fourth-order valence-electron chi connectivity index (χ4n) is 1.87. The highest BCUT2D eigenvalue weighted by Crippen LogP contribution is 2.30. The predicted molar refractivity (Wildman–Crippen MR) is 72.4 cm³/mol. The van der Waals surface area contributed by atoms with Gasteiger partial charge >= 0.3 is 6.18 Å². The van der Waals surface area contributed by atoms with Crippen LogP contribution in [0.15, 0.2) is 42.5 Å². The molecular weight excluding hydrogens is 301 g/mol. The maximum atomic E-state index is 12.6. The number of ketones is 1. The summed E-state index contributed by atoms with van der Waals surface area (Å²) in [5, 5.41) is 10.6. The minimum absolute atomic E-state index is 0.0255. The van der Waals surface area contributed by atoms with Crippen LogP contribution in [0.25, 0.3) is 0 Å². The number of nitrogens with zero attached hydrogens (tertiary/aromatic N) is 1. The van der Waals surface area contributed by atoms with Gasteiger partial charge in [-0.1, -0.05) is 12.1 Å². The number of rotatable bonds is 3. The molecule has 0 amide bonds. The minimum atomic E-state index is -4.56. The first kappa shape index (κ1) is 15.5. The third kappa shape index (κ3) is 3.05. The molecule has 8 heteroatoms. The van der Waals surface area contributed by atoms with Crippen LogP contribution >= 0.6 is 0 Å². The van der Waals surface area contributed by atoms with Crippen molar-refractivity contribution in [2.24, 2.45) is 0 Å². The molecule has 2 N–H and O–H groups in total. The zero-order valence-corrected chi connectivity index (χ0v) is 10.9. The lowest BCUT2D eigenvalue weighted by molar-refractivity contribution is -0.383. The number of carbonyl (C=O) groups excluding carboxylic acids is 1. The van der Waals surface area contributed by atoms with E-state index in [1.54, 1.807) is 0 Å². The summed E-state index contributed by atoms with van der Waals surface area (Å²) in [5.41, 5.74) is 3.70.